The van der Waals surface area contributed by atoms with E-state index in [0.717, 1.165) is 12.1 Å². The molecule has 0 spiro atoms. The van der Waals surface area contributed by atoms with E-state index in [1.807, 2.05) is 6.92 Å². The van der Waals surface area contributed by atoms with Crippen molar-refractivity contribution in [3.8, 4) is 0 Å². The fraction of sp³-hybridized carbons (Fsp3) is 0.200. The summed E-state index contributed by atoms with van der Waals surface area (Å²) < 4.78 is 42.5. The third-order valence-corrected chi connectivity index (χ3v) is 5.20. The summed E-state index contributed by atoms with van der Waals surface area (Å²) in [7, 11) is 0. The predicted molar refractivity (Wildman–Crippen MR) is 113 cm³/mol. The zero-order chi connectivity index (χ0) is 22.5. The Bertz CT molecular complexity index is 1090. The monoisotopic (exact) mass is 425 g/mol. The van der Waals surface area contributed by atoms with Crippen molar-refractivity contribution in [1.82, 2.24) is 4.98 Å². The number of hydrogen-bond acceptors (Lipinski definition) is 3. The molecule has 31 heavy (non-hydrogen) atoms. The molecule has 0 saturated carbocycles. The molecule has 2 aromatic carbocycles. The summed E-state index contributed by atoms with van der Waals surface area (Å²) in [6.07, 6.45) is 1.96. The van der Waals surface area contributed by atoms with Crippen LogP contribution in [0.1, 0.15) is 47.9 Å². The normalized spacial score (nSPS) is 14.0. The molecule has 160 valence electrons. The highest BCUT2D eigenvalue weighted by Gasteiger charge is 2.30. The number of carbonyl (C=O) groups is 1. The average molecular weight is 425 g/mol. The van der Waals surface area contributed by atoms with E-state index in [9.17, 15) is 23.1 Å². The first kappa shape index (κ1) is 22.4. The van der Waals surface area contributed by atoms with Crippen molar-refractivity contribution in [3.63, 3.8) is 0 Å². The van der Waals surface area contributed by atoms with Crippen molar-refractivity contribution < 1.29 is 23.1 Å². The van der Waals surface area contributed by atoms with Gasteiger partial charge < -0.3 is 5.11 Å². The lowest BCUT2D eigenvalue weighted by Crippen LogP contribution is -2.18. The van der Waals surface area contributed by atoms with Gasteiger partial charge in [0.15, 0.2) is 5.78 Å². The van der Waals surface area contributed by atoms with Crippen LogP contribution in [-0.4, -0.2) is 15.9 Å². The lowest BCUT2D eigenvalue weighted by atomic mass is 9.81. The van der Waals surface area contributed by atoms with Crippen molar-refractivity contribution in [2.24, 2.45) is 5.92 Å². The molecule has 3 aromatic rings. The highest BCUT2D eigenvalue weighted by molar-refractivity contribution is 6.14. The molecule has 0 amide bonds. The number of allylic oxidation sites excluding steroid dienone is 1. The molecule has 0 radical (unpaired) electrons. The Morgan fingerprint density at radius 3 is 2.29 bits per heavy atom. The number of aliphatic hydroxyl groups is 1. The fourth-order valence-electron chi connectivity index (χ4n) is 3.50. The van der Waals surface area contributed by atoms with E-state index in [4.69, 9.17) is 0 Å². The van der Waals surface area contributed by atoms with E-state index in [2.05, 4.69) is 4.98 Å². The van der Waals surface area contributed by atoms with Crippen molar-refractivity contribution >= 4 is 11.4 Å². The maximum atomic E-state index is 14.8. The molecule has 0 fully saturated rings. The van der Waals surface area contributed by atoms with Crippen LogP contribution < -0.4 is 0 Å². The molecule has 2 atom stereocenters. The number of aliphatic hydroxyl groups excluding tert-OH is 1. The zero-order valence-electron chi connectivity index (χ0n) is 17.1. The number of carbonyl (C=O) groups excluding carboxylic acids is 1. The van der Waals surface area contributed by atoms with Crippen LogP contribution >= 0.6 is 0 Å². The second kappa shape index (κ2) is 9.71. The first-order valence-electron chi connectivity index (χ1n) is 9.91. The number of halogens is 3. The fourth-order valence-corrected chi connectivity index (χ4v) is 3.50. The Balaban J connectivity index is 2.34. The van der Waals surface area contributed by atoms with Gasteiger partial charge in [-0.25, -0.2) is 13.2 Å². The summed E-state index contributed by atoms with van der Waals surface area (Å²) >= 11 is 0. The third kappa shape index (κ3) is 4.91. The number of rotatable bonds is 7. The van der Waals surface area contributed by atoms with Crippen LogP contribution in [0.3, 0.4) is 0 Å². The minimum absolute atomic E-state index is 0.141. The summed E-state index contributed by atoms with van der Waals surface area (Å²) in [5, 5.41) is 11.2. The molecule has 1 heterocycles. The summed E-state index contributed by atoms with van der Waals surface area (Å²) in [6, 6.07) is 11.6. The van der Waals surface area contributed by atoms with Gasteiger partial charge in [-0.3, -0.25) is 9.78 Å². The molecule has 0 aliphatic carbocycles. The lowest BCUT2D eigenvalue weighted by molar-refractivity contribution is 0.0986. The lowest BCUT2D eigenvalue weighted by Gasteiger charge is -2.24. The van der Waals surface area contributed by atoms with E-state index in [-0.39, 0.29) is 28.2 Å². The molecular formula is C25H22F3NO2. The standard InChI is InChI=1S/C25H22F3NO2/c1-3-15(2)22(20-8-4-5-9-21(20)28)23(24(30)16-7-6-10-29-14-16)25(31)17-11-18(26)13-19(27)12-17/h4-15,24,30H,3H2,1-2H3/b23-22+. The van der Waals surface area contributed by atoms with E-state index in [1.54, 1.807) is 25.1 Å². The van der Waals surface area contributed by atoms with Gasteiger partial charge in [0, 0.05) is 40.7 Å². The molecule has 0 aliphatic rings. The van der Waals surface area contributed by atoms with Gasteiger partial charge in [-0.15, -0.1) is 0 Å². The number of aromatic nitrogens is 1. The quantitative estimate of drug-likeness (QED) is 0.378. The molecule has 0 bridgehead atoms. The van der Waals surface area contributed by atoms with Gasteiger partial charge in [-0.2, -0.15) is 0 Å². The van der Waals surface area contributed by atoms with E-state index in [1.165, 1.54) is 30.6 Å². The molecule has 2 unspecified atom stereocenters. The number of ketones is 1. The zero-order valence-corrected chi connectivity index (χ0v) is 17.1. The Hall–Kier alpha value is -3.25. The van der Waals surface area contributed by atoms with E-state index in [0.29, 0.717) is 18.1 Å². The molecule has 3 nitrogen and oxygen atoms in total. The summed E-state index contributed by atoms with van der Waals surface area (Å²) in [6.45, 7) is 3.67. The third-order valence-electron chi connectivity index (χ3n) is 5.20. The van der Waals surface area contributed by atoms with Crippen molar-refractivity contribution in [2.45, 2.75) is 26.4 Å². The number of Topliss-reactive ketones (excluding diaryl/α,β-unsaturated/α-hetero) is 1. The van der Waals surface area contributed by atoms with Crippen LogP contribution in [0.15, 0.2) is 72.6 Å². The molecule has 3 rings (SSSR count). The molecular weight excluding hydrogens is 403 g/mol. The maximum Gasteiger partial charge on any atom is 0.192 e. The second-order valence-electron chi connectivity index (χ2n) is 7.29. The molecule has 1 aromatic heterocycles. The average Bonchev–Trinajstić information content (AvgIpc) is 2.76. The number of benzene rings is 2. The van der Waals surface area contributed by atoms with Crippen LogP contribution in [0.25, 0.3) is 5.57 Å². The first-order valence-corrected chi connectivity index (χ1v) is 9.91. The first-order chi connectivity index (χ1) is 14.8. The second-order valence-corrected chi connectivity index (χ2v) is 7.29. The molecule has 0 aliphatic heterocycles. The van der Waals surface area contributed by atoms with Crippen molar-refractivity contribution in [1.29, 1.82) is 0 Å². The van der Waals surface area contributed by atoms with Gasteiger partial charge in [-0.1, -0.05) is 38.1 Å². The van der Waals surface area contributed by atoms with Gasteiger partial charge in [0.05, 0.1) is 0 Å². The van der Waals surface area contributed by atoms with Crippen LogP contribution in [0.5, 0.6) is 0 Å². The SMILES string of the molecule is CCC(C)/C(=C(\C(=O)c1cc(F)cc(F)c1)C(O)c1cccnc1)c1ccccc1F. The van der Waals surface area contributed by atoms with Crippen LogP contribution in [0.2, 0.25) is 0 Å². The Labute approximate surface area is 178 Å². The van der Waals surface area contributed by atoms with E-state index >= 15 is 0 Å². The van der Waals surface area contributed by atoms with Gasteiger partial charge in [0.25, 0.3) is 0 Å². The van der Waals surface area contributed by atoms with Crippen LogP contribution in [-0.2, 0) is 0 Å². The predicted octanol–water partition coefficient (Wildman–Crippen LogP) is 5.92. The van der Waals surface area contributed by atoms with Gasteiger partial charge in [-0.05, 0) is 42.2 Å². The summed E-state index contributed by atoms with van der Waals surface area (Å²) in [5.41, 5.74) is 0.330. The minimum Gasteiger partial charge on any atom is -0.383 e. The maximum absolute atomic E-state index is 14.8. The summed E-state index contributed by atoms with van der Waals surface area (Å²) in [4.78, 5) is 17.5. The molecule has 0 saturated heterocycles. The van der Waals surface area contributed by atoms with Gasteiger partial charge >= 0.3 is 0 Å². The number of nitrogens with zero attached hydrogens (tertiary/aromatic N) is 1. The number of hydrogen-bond donors (Lipinski definition) is 1. The Morgan fingerprint density at radius 2 is 1.71 bits per heavy atom. The Kier molecular flexibility index (Phi) is 7.02. The smallest absolute Gasteiger partial charge is 0.192 e. The molecule has 1 N–H and O–H groups in total. The largest absolute Gasteiger partial charge is 0.383 e. The number of pyridine rings is 1. The highest BCUT2D eigenvalue weighted by atomic mass is 19.1. The van der Waals surface area contributed by atoms with Crippen LogP contribution in [0, 0.1) is 23.4 Å². The molecule has 6 heteroatoms. The topological polar surface area (TPSA) is 50.2 Å². The van der Waals surface area contributed by atoms with Crippen LogP contribution in [0.4, 0.5) is 13.2 Å². The van der Waals surface area contributed by atoms with Gasteiger partial charge in [0.2, 0.25) is 0 Å². The van der Waals surface area contributed by atoms with E-state index < -0.39 is 29.3 Å². The highest BCUT2D eigenvalue weighted by Crippen LogP contribution is 2.38. The van der Waals surface area contributed by atoms with Gasteiger partial charge in [0.1, 0.15) is 23.6 Å². The van der Waals surface area contributed by atoms with Crippen molar-refractivity contribution in [2.75, 3.05) is 0 Å². The van der Waals surface area contributed by atoms with Crippen molar-refractivity contribution in [3.05, 3.63) is 107 Å². The Morgan fingerprint density at radius 1 is 1.03 bits per heavy atom. The summed E-state index contributed by atoms with van der Waals surface area (Å²) in [5.74, 6) is -3.52. The minimum atomic E-state index is -1.48.